The van der Waals surface area contributed by atoms with Crippen LogP contribution in [0.1, 0.15) is 15.9 Å². The summed E-state index contributed by atoms with van der Waals surface area (Å²) in [7, 11) is 1.87. The maximum absolute atomic E-state index is 12.7. The fraction of sp³-hybridized carbons (Fsp3) is 0.120. The number of benzene rings is 3. The van der Waals surface area contributed by atoms with Gasteiger partial charge in [0.15, 0.2) is 11.0 Å². The zero-order valence-corrected chi connectivity index (χ0v) is 19.1. The molecule has 1 heterocycles. The summed E-state index contributed by atoms with van der Waals surface area (Å²) in [5, 5.41) is 14.8. The quantitative estimate of drug-likeness (QED) is 0.390. The van der Waals surface area contributed by atoms with Crippen LogP contribution in [-0.4, -0.2) is 32.3 Å². The summed E-state index contributed by atoms with van der Waals surface area (Å²) >= 11 is 1.29. The molecule has 7 nitrogen and oxygen atoms in total. The monoisotopic (exact) mass is 457 g/mol. The molecule has 0 radical (unpaired) electrons. The van der Waals surface area contributed by atoms with Gasteiger partial charge in [-0.2, -0.15) is 0 Å². The number of amides is 2. The SMILES string of the molecule is Cc1ccc(-c2nnc(SCC(=O)Nc3ccccc3C(=O)Nc3ccccc3)n2C)cc1. The van der Waals surface area contributed by atoms with Crippen molar-refractivity contribution >= 4 is 35.0 Å². The van der Waals surface area contributed by atoms with Crippen LogP contribution in [0.15, 0.2) is 84.0 Å². The van der Waals surface area contributed by atoms with Gasteiger partial charge < -0.3 is 15.2 Å². The molecule has 0 aliphatic heterocycles. The van der Waals surface area contributed by atoms with Gasteiger partial charge in [0, 0.05) is 18.3 Å². The number of thioether (sulfide) groups is 1. The number of nitrogens with one attached hydrogen (secondary N) is 2. The summed E-state index contributed by atoms with van der Waals surface area (Å²) in [6.07, 6.45) is 0. The van der Waals surface area contributed by atoms with E-state index in [0.29, 0.717) is 22.1 Å². The molecule has 0 aliphatic rings. The molecule has 8 heteroatoms. The Kier molecular flexibility index (Phi) is 6.85. The second-order valence-electron chi connectivity index (χ2n) is 7.43. The maximum atomic E-state index is 12.7. The van der Waals surface area contributed by atoms with Gasteiger partial charge in [-0.15, -0.1) is 10.2 Å². The van der Waals surface area contributed by atoms with Crippen LogP contribution in [0.3, 0.4) is 0 Å². The molecule has 0 unspecified atom stereocenters. The summed E-state index contributed by atoms with van der Waals surface area (Å²) in [6, 6.07) is 24.1. The van der Waals surface area contributed by atoms with E-state index in [9.17, 15) is 9.59 Å². The predicted molar refractivity (Wildman–Crippen MR) is 131 cm³/mol. The molecule has 4 aromatic rings. The minimum Gasteiger partial charge on any atom is -0.325 e. The minimum atomic E-state index is -0.291. The first-order valence-corrected chi connectivity index (χ1v) is 11.3. The van der Waals surface area contributed by atoms with Crippen LogP contribution in [0.5, 0.6) is 0 Å². The first kappa shape index (κ1) is 22.3. The predicted octanol–water partition coefficient (Wildman–Crippen LogP) is 4.77. The lowest BCUT2D eigenvalue weighted by atomic mass is 10.1. The van der Waals surface area contributed by atoms with Gasteiger partial charge in [0.25, 0.3) is 5.91 Å². The smallest absolute Gasteiger partial charge is 0.257 e. The molecule has 166 valence electrons. The third-order valence-corrected chi connectivity index (χ3v) is 5.97. The Morgan fingerprint density at radius 1 is 0.879 bits per heavy atom. The van der Waals surface area contributed by atoms with E-state index in [-0.39, 0.29) is 17.6 Å². The van der Waals surface area contributed by atoms with Crippen LogP contribution >= 0.6 is 11.8 Å². The first-order chi connectivity index (χ1) is 16.0. The fourth-order valence-corrected chi connectivity index (χ4v) is 3.93. The molecule has 0 saturated carbocycles. The molecule has 1 aromatic heterocycles. The Labute approximate surface area is 196 Å². The lowest BCUT2D eigenvalue weighted by molar-refractivity contribution is -0.113. The highest BCUT2D eigenvalue weighted by atomic mass is 32.2. The van der Waals surface area contributed by atoms with Gasteiger partial charge in [-0.05, 0) is 31.2 Å². The number of carbonyl (C=O) groups is 2. The van der Waals surface area contributed by atoms with E-state index < -0.39 is 0 Å². The lowest BCUT2D eigenvalue weighted by Crippen LogP contribution is -2.19. The van der Waals surface area contributed by atoms with Crippen molar-refractivity contribution in [3.63, 3.8) is 0 Å². The van der Waals surface area contributed by atoms with Gasteiger partial charge in [0.1, 0.15) is 0 Å². The maximum Gasteiger partial charge on any atom is 0.257 e. The van der Waals surface area contributed by atoms with Gasteiger partial charge >= 0.3 is 0 Å². The van der Waals surface area contributed by atoms with E-state index in [4.69, 9.17) is 0 Å². The molecule has 0 saturated heterocycles. The number of hydrogen-bond donors (Lipinski definition) is 2. The third kappa shape index (κ3) is 5.48. The number of hydrogen-bond acceptors (Lipinski definition) is 5. The van der Waals surface area contributed by atoms with Gasteiger partial charge in [0.2, 0.25) is 5.91 Å². The van der Waals surface area contributed by atoms with E-state index in [1.54, 1.807) is 24.3 Å². The van der Waals surface area contributed by atoms with Crippen LogP contribution in [0.2, 0.25) is 0 Å². The molecule has 33 heavy (non-hydrogen) atoms. The molecular weight excluding hydrogens is 434 g/mol. The number of nitrogens with zero attached hydrogens (tertiary/aromatic N) is 3. The van der Waals surface area contributed by atoms with Crippen LogP contribution < -0.4 is 10.6 Å². The standard InChI is InChI=1S/C25H23N5O2S/c1-17-12-14-18(15-13-17)23-28-29-25(30(23)2)33-16-22(31)27-21-11-7-6-10-20(21)24(32)26-19-8-4-3-5-9-19/h3-15H,16H2,1-2H3,(H,26,32)(H,27,31). The highest BCUT2D eigenvalue weighted by Crippen LogP contribution is 2.24. The Morgan fingerprint density at radius 3 is 2.33 bits per heavy atom. The summed E-state index contributed by atoms with van der Waals surface area (Å²) in [5.74, 6) is 0.343. The van der Waals surface area contributed by atoms with Crippen molar-refractivity contribution in [1.29, 1.82) is 0 Å². The van der Waals surface area contributed by atoms with Crippen LogP contribution in [0.4, 0.5) is 11.4 Å². The summed E-state index contributed by atoms with van der Waals surface area (Å²) in [4.78, 5) is 25.3. The number of para-hydroxylation sites is 2. The first-order valence-electron chi connectivity index (χ1n) is 10.4. The molecule has 0 fully saturated rings. The highest BCUT2D eigenvalue weighted by Gasteiger charge is 2.16. The third-order valence-electron chi connectivity index (χ3n) is 4.95. The van der Waals surface area contributed by atoms with Crippen molar-refractivity contribution in [2.24, 2.45) is 7.05 Å². The van der Waals surface area contributed by atoms with E-state index in [0.717, 1.165) is 11.4 Å². The minimum absolute atomic E-state index is 0.133. The lowest BCUT2D eigenvalue weighted by Gasteiger charge is -2.11. The molecule has 0 atom stereocenters. The van der Waals surface area contributed by atoms with Crippen LogP contribution in [0, 0.1) is 6.92 Å². The van der Waals surface area contributed by atoms with Gasteiger partial charge in [-0.3, -0.25) is 9.59 Å². The molecule has 0 aliphatic carbocycles. The molecule has 2 N–H and O–H groups in total. The van der Waals surface area contributed by atoms with Crippen LogP contribution in [0.25, 0.3) is 11.4 Å². The Morgan fingerprint density at radius 2 is 1.58 bits per heavy atom. The van der Waals surface area contributed by atoms with E-state index in [2.05, 4.69) is 20.8 Å². The van der Waals surface area contributed by atoms with Gasteiger partial charge in [0.05, 0.1) is 17.0 Å². The summed E-state index contributed by atoms with van der Waals surface area (Å²) in [6.45, 7) is 2.03. The number of aryl methyl sites for hydroxylation is 1. The van der Waals surface area contributed by atoms with Crippen molar-refractivity contribution in [2.75, 3.05) is 16.4 Å². The van der Waals surface area contributed by atoms with Crippen molar-refractivity contribution < 1.29 is 9.59 Å². The fourth-order valence-electron chi connectivity index (χ4n) is 3.22. The van der Waals surface area contributed by atoms with E-state index in [1.807, 2.05) is 73.1 Å². The molecule has 0 spiro atoms. The Bertz CT molecular complexity index is 1270. The molecule has 2 amide bonds. The van der Waals surface area contributed by atoms with Crippen LogP contribution in [-0.2, 0) is 11.8 Å². The Balaban J connectivity index is 1.40. The van der Waals surface area contributed by atoms with E-state index >= 15 is 0 Å². The average Bonchev–Trinajstić information content (AvgIpc) is 3.19. The Hall–Kier alpha value is -3.91. The van der Waals surface area contributed by atoms with Crippen molar-refractivity contribution in [1.82, 2.24) is 14.8 Å². The second-order valence-corrected chi connectivity index (χ2v) is 8.38. The zero-order chi connectivity index (χ0) is 23.2. The zero-order valence-electron chi connectivity index (χ0n) is 18.3. The van der Waals surface area contributed by atoms with Gasteiger partial charge in [-0.1, -0.05) is 71.9 Å². The number of carbonyl (C=O) groups excluding carboxylic acids is 2. The summed E-state index contributed by atoms with van der Waals surface area (Å²) in [5.41, 5.74) is 3.66. The van der Waals surface area contributed by atoms with Crippen molar-refractivity contribution in [3.8, 4) is 11.4 Å². The topological polar surface area (TPSA) is 88.9 Å². The number of aromatic nitrogens is 3. The van der Waals surface area contributed by atoms with Crippen molar-refractivity contribution in [3.05, 3.63) is 90.0 Å². The normalized spacial score (nSPS) is 10.6. The average molecular weight is 458 g/mol. The highest BCUT2D eigenvalue weighted by molar-refractivity contribution is 7.99. The summed E-state index contributed by atoms with van der Waals surface area (Å²) < 4.78 is 1.86. The largest absolute Gasteiger partial charge is 0.325 e. The number of anilines is 2. The van der Waals surface area contributed by atoms with Gasteiger partial charge in [-0.25, -0.2) is 0 Å². The molecular formula is C25H23N5O2S. The molecule has 4 rings (SSSR count). The van der Waals surface area contributed by atoms with Crippen molar-refractivity contribution in [2.45, 2.75) is 12.1 Å². The second kappa shape index (κ2) is 10.1. The number of rotatable bonds is 7. The molecule has 3 aromatic carbocycles. The van der Waals surface area contributed by atoms with E-state index in [1.165, 1.54) is 17.3 Å². The molecule has 0 bridgehead atoms.